The van der Waals surface area contributed by atoms with E-state index in [2.05, 4.69) is 5.32 Å². The SMILES string of the molecule is Cc1ccc(N)cc1NC(=O)/C=C/c1ccc(F)cc1. The van der Waals surface area contributed by atoms with Crippen molar-refractivity contribution in [3.8, 4) is 0 Å². The van der Waals surface area contributed by atoms with Crippen LogP contribution in [-0.4, -0.2) is 5.91 Å². The molecule has 0 fully saturated rings. The topological polar surface area (TPSA) is 55.1 Å². The Morgan fingerprint density at radius 1 is 1.20 bits per heavy atom. The Morgan fingerprint density at radius 3 is 2.60 bits per heavy atom. The second-order valence-electron chi connectivity index (χ2n) is 4.45. The van der Waals surface area contributed by atoms with E-state index in [1.807, 2.05) is 13.0 Å². The normalized spacial score (nSPS) is 10.7. The lowest BCUT2D eigenvalue weighted by atomic mass is 10.1. The highest BCUT2D eigenvalue weighted by Gasteiger charge is 2.02. The molecule has 0 aliphatic rings. The van der Waals surface area contributed by atoms with Crippen molar-refractivity contribution in [1.29, 1.82) is 0 Å². The third-order valence-electron chi connectivity index (χ3n) is 2.82. The van der Waals surface area contributed by atoms with Gasteiger partial charge in [0.25, 0.3) is 0 Å². The van der Waals surface area contributed by atoms with Gasteiger partial charge in [0.1, 0.15) is 5.82 Å². The molecule has 0 atom stereocenters. The summed E-state index contributed by atoms with van der Waals surface area (Å²) in [6.07, 6.45) is 3.02. The molecule has 0 spiro atoms. The summed E-state index contributed by atoms with van der Waals surface area (Å²) in [5.74, 6) is -0.565. The standard InChI is InChI=1S/C16H15FN2O/c1-11-2-8-14(18)10-15(11)19-16(20)9-5-12-3-6-13(17)7-4-12/h2-10H,18H2,1H3,(H,19,20)/b9-5+. The maximum atomic E-state index is 12.7. The Balaban J connectivity index is 2.05. The van der Waals surface area contributed by atoms with E-state index in [9.17, 15) is 9.18 Å². The summed E-state index contributed by atoms with van der Waals surface area (Å²) >= 11 is 0. The number of anilines is 2. The summed E-state index contributed by atoms with van der Waals surface area (Å²) in [6.45, 7) is 1.89. The Bertz CT molecular complexity index is 648. The fraction of sp³-hybridized carbons (Fsp3) is 0.0625. The van der Waals surface area contributed by atoms with Gasteiger partial charge in [-0.15, -0.1) is 0 Å². The lowest BCUT2D eigenvalue weighted by molar-refractivity contribution is -0.111. The molecule has 2 aromatic carbocycles. The number of amides is 1. The zero-order valence-electron chi connectivity index (χ0n) is 11.1. The zero-order valence-corrected chi connectivity index (χ0v) is 11.1. The highest BCUT2D eigenvalue weighted by Crippen LogP contribution is 2.18. The average Bonchev–Trinajstić information content (AvgIpc) is 2.42. The molecule has 0 aromatic heterocycles. The zero-order chi connectivity index (χ0) is 14.5. The first-order valence-electron chi connectivity index (χ1n) is 6.15. The number of halogens is 1. The van der Waals surface area contributed by atoms with Gasteiger partial charge in [0.2, 0.25) is 5.91 Å². The van der Waals surface area contributed by atoms with Gasteiger partial charge in [-0.25, -0.2) is 4.39 Å². The van der Waals surface area contributed by atoms with Crippen molar-refractivity contribution in [2.45, 2.75) is 6.92 Å². The molecule has 0 saturated carbocycles. The molecule has 2 aromatic rings. The first-order valence-corrected chi connectivity index (χ1v) is 6.15. The Kier molecular flexibility index (Phi) is 4.15. The van der Waals surface area contributed by atoms with Crippen molar-refractivity contribution in [2.24, 2.45) is 0 Å². The quantitative estimate of drug-likeness (QED) is 0.663. The van der Waals surface area contributed by atoms with E-state index < -0.39 is 0 Å². The first-order chi connectivity index (χ1) is 9.54. The van der Waals surface area contributed by atoms with Crippen LogP contribution in [0.5, 0.6) is 0 Å². The molecule has 1 amide bonds. The Labute approximate surface area is 116 Å². The van der Waals surface area contributed by atoms with Gasteiger partial charge in [0, 0.05) is 17.5 Å². The van der Waals surface area contributed by atoms with Crippen molar-refractivity contribution in [2.75, 3.05) is 11.1 Å². The number of nitrogens with one attached hydrogen (secondary N) is 1. The molecule has 20 heavy (non-hydrogen) atoms. The van der Waals surface area contributed by atoms with Crippen molar-refractivity contribution < 1.29 is 9.18 Å². The summed E-state index contributed by atoms with van der Waals surface area (Å²) in [5, 5.41) is 2.75. The number of hydrogen-bond donors (Lipinski definition) is 2. The third-order valence-corrected chi connectivity index (χ3v) is 2.82. The van der Waals surface area contributed by atoms with E-state index in [4.69, 9.17) is 5.73 Å². The average molecular weight is 270 g/mol. The second kappa shape index (κ2) is 6.02. The van der Waals surface area contributed by atoms with Crippen LogP contribution < -0.4 is 11.1 Å². The molecule has 0 bridgehead atoms. The third kappa shape index (κ3) is 3.68. The summed E-state index contributed by atoms with van der Waals surface area (Å²) < 4.78 is 12.7. The highest BCUT2D eigenvalue weighted by atomic mass is 19.1. The fourth-order valence-corrected chi connectivity index (χ4v) is 1.69. The molecular weight excluding hydrogens is 255 g/mol. The van der Waals surface area contributed by atoms with E-state index in [0.717, 1.165) is 11.1 Å². The van der Waals surface area contributed by atoms with Gasteiger partial charge in [0.05, 0.1) is 0 Å². The van der Waals surface area contributed by atoms with Crippen LogP contribution in [0.3, 0.4) is 0 Å². The van der Waals surface area contributed by atoms with E-state index >= 15 is 0 Å². The van der Waals surface area contributed by atoms with Crippen molar-refractivity contribution in [1.82, 2.24) is 0 Å². The van der Waals surface area contributed by atoms with Crippen LogP contribution in [0.15, 0.2) is 48.5 Å². The number of rotatable bonds is 3. The fourth-order valence-electron chi connectivity index (χ4n) is 1.69. The monoisotopic (exact) mass is 270 g/mol. The van der Waals surface area contributed by atoms with Gasteiger partial charge in [-0.05, 0) is 48.4 Å². The number of aryl methyl sites for hydroxylation is 1. The summed E-state index contributed by atoms with van der Waals surface area (Å²) in [7, 11) is 0. The lowest BCUT2D eigenvalue weighted by Gasteiger charge is -2.07. The number of benzene rings is 2. The van der Waals surface area contributed by atoms with Crippen molar-refractivity contribution in [3.63, 3.8) is 0 Å². The van der Waals surface area contributed by atoms with Gasteiger partial charge < -0.3 is 11.1 Å². The Morgan fingerprint density at radius 2 is 1.90 bits per heavy atom. The summed E-state index contributed by atoms with van der Waals surface area (Å²) in [6, 6.07) is 11.2. The molecule has 3 nitrogen and oxygen atoms in total. The highest BCUT2D eigenvalue weighted by molar-refractivity contribution is 6.02. The lowest BCUT2D eigenvalue weighted by Crippen LogP contribution is -2.09. The van der Waals surface area contributed by atoms with Gasteiger partial charge in [-0.3, -0.25) is 4.79 Å². The minimum Gasteiger partial charge on any atom is -0.399 e. The largest absolute Gasteiger partial charge is 0.399 e. The predicted octanol–water partition coefficient (Wildman–Crippen LogP) is 3.37. The molecule has 4 heteroatoms. The number of hydrogen-bond acceptors (Lipinski definition) is 2. The van der Waals surface area contributed by atoms with Crippen LogP contribution in [0.25, 0.3) is 6.08 Å². The minimum absolute atomic E-state index is 0.261. The minimum atomic E-state index is -0.304. The number of nitrogen functional groups attached to an aromatic ring is 1. The Hall–Kier alpha value is -2.62. The molecule has 2 rings (SSSR count). The van der Waals surface area contributed by atoms with Gasteiger partial charge in [-0.2, -0.15) is 0 Å². The molecular formula is C16H15FN2O. The van der Waals surface area contributed by atoms with Gasteiger partial charge >= 0.3 is 0 Å². The summed E-state index contributed by atoms with van der Waals surface area (Å²) in [4.78, 5) is 11.8. The molecule has 0 aliphatic heterocycles. The van der Waals surface area contributed by atoms with Crippen LogP contribution in [0, 0.1) is 12.7 Å². The van der Waals surface area contributed by atoms with Gasteiger partial charge in [-0.1, -0.05) is 18.2 Å². The number of carbonyl (C=O) groups excluding carboxylic acids is 1. The summed E-state index contributed by atoms with van der Waals surface area (Å²) in [5.41, 5.74) is 8.64. The van der Waals surface area contributed by atoms with Crippen LogP contribution >= 0.6 is 0 Å². The number of carbonyl (C=O) groups is 1. The van der Waals surface area contributed by atoms with Crippen LogP contribution in [0.1, 0.15) is 11.1 Å². The molecule has 0 aliphatic carbocycles. The van der Waals surface area contributed by atoms with E-state index in [-0.39, 0.29) is 11.7 Å². The van der Waals surface area contributed by atoms with Crippen LogP contribution in [-0.2, 0) is 4.79 Å². The molecule has 0 heterocycles. The maximum absolute atomic E-state index is 12.7. The first kappa shape index (κ1) is 13.8. The molecule has 0 unspecified atom stereocenters. The smallest absolute Gasteiger partial charge is 0.248 e. The molecule has 102 valence electrons. The molecule has 0 saturated heterocycles. The second-order valence-corrected chi connectivity index (χ2v) is 4.45. The number of nitrogens with two attached hydrogens (primary N) is 1. The van der Waals surface area contributed by atoms with Crippen molar-refractivity contribution in [3.05, 3.63) is 65.5 Å². The predicted molar refractivity (Wildman–Crippen MR) is 79.7 cm³/mol. The van der Waals surface area contributed by atoms with E-state index in [1.165, 1.54) is 18.2 Å². The molecule has 3 N–H and O–H groups in total. The van der Waals surface area contributed by atoms with Gasteiger partial charge in [0.15, 0.2) is 0 Å². The van der Waals surface area contributed by atoms with Crippen molar-refractivity contribution >= 4 is 23.4 Å². The van der Waals surface area contributed by atoms with E-state index in [0.29, 0.717) is 11.4 Å². The van der Waals surface area contributed by atoms with Crippen LogP contribution in [0.2, 0.25) is 0 Å². The van der Waals surface area contributed by atoms with Crippen LogP contribution in [0.4, 0.5) is 15.8 Å². The van der Waals surface area contributed by atoms with E-state index in [1.54, 1.807) is 30.3 Å². The molecule has 0 radical (unpaired) electrons. The maximum Gasteiger partial charge on any atom is 0.248 e.